The zero-order valence-corrected chi connectivity index (χ0v) is 20.0. The molecule has 0 N–H and O–H groups in total. The highest BCUT2D eigenvalue weighted by molar-refractivity contribution is 5.74. The highest BCUT2D eigenvalue weighted by Gasteiger charge is 2.67. The van der Waals surface area contributed by atoms with Crippen LogP contribution in [-0.4, -0.2) is 23.6 Å². The summed E-state index contributed by atoms with van der Waals surface area (Å²) in [4.78, 5) is 26.0. The summed E-state index contributed by atoms with van der Waals surface area (Å²) < 4.78 is 12.5. The maximum atomic E-state index is 13.7. The lowest BCUT2D eigenvalue weighted by Crippen LogP contribution is -2.58. The Hall–Kier alpha value is -1.06. The molecule has 0 spiro atoms. The molecular formula is C28H40O4. The van der Waals surface area contributed by atoms with E-state index in [0.29, 0.717) is 41.4 Å². The fourth-order valence-electron chi connectivity index (χ4n) is 10.8. The van der Waals surface area contributed by atoms with Crippen LogP contribution in [-0.2, 0) is 19.1 Å². The van der Waals surface area contributed by atoms with Gasteiger partial charge in [-0.15, -0.1) is 0 Å². The van der Waals surface area contributed by atoms with Gasteiger partial charge >= 0.3 is 11.9 Å². The summed E-state index contributed by atoms with van der Waals surface area (Å²) in [7, 11) is 0. The quantitative estimate of drug-likeness (QED) is 0.443. The van der Waals surface area contributed by atoms with E-state index in [4.69, 9.17) is 9.47 Å². The molecule has 8 bridgehead atoms. The molecule has 0 amide bonds. The van der Waals surface area contributed by atoms with E-state index in [0.717, 1.165) is 30.6 Å². The van der Waals surface area contributed by atoms with Gasteiger partial charge in [-0.1, -0.05) is 13.8 Å². The van der Waals surface area contributed by atoms with Crippen LogP contribution < -0.4 is 0 Å². The predicted octanol–water partition coefficient (Wildman–Crippen LogP) is 5.24. The van der Waals surface area contributed by atoms with Crippen molar-refractivity contribution in [1.82, 2.24) is 0 Å². The van der Waals surface area contributed by atoms with Gasteiger partial charge in [0.1, 0.15) is 11.7 Å². The molecule has 0 radical (unpaired) electrons. The third-order valence-electron chi connectivity index (χ3n) is 11.9. The van der Waals surface area contributed by atoms with E-state index in [9.17, 15) is 9.59 Å². The van der Waals surface area contributed by atoms with Crippen LogP contribution in [0.4, 0.5) is 0 Å². The van der Waals surface area contributed by atoms with Gasteiger partial charge in [-0.25, -0.2) is 0 Å². The van der Waals surface area contributed by atoms with Crippen molar-refractivity contribution in [3.8, 4) is 0 Å². The molecule has 32 heavy (non-hydrogen) atoms. The zero-order chi connectivity index (χ0) is 21.9. The second kappa shape index (κ2) is 6.75. The maximum absolute atomic E-state index is 13.7. The lowest BCUT2D eigenvalue weighted by atomic mass is 9.50. The Morgan fingerprint density at radius 3 is 2.06 bits per heavy atom. The molecule has 8 atom stereocenters. The van der Waals surface area contributed by atoms with Gasteiger partial charge in [-0.2, -0.15) is 0 Å². The molecule has 8 fully saturated rings. The molecule has 8 rings (SSSR count). The highest BCUT2D eigenvalue weighted by Crippen LogP contribution is 2.69. The van der Waals surface area contributed by atoms with Gasteiger partial charge in [0, 0.05) is 0 Å². The van der Waals surface area contributed by atoms with Crippen molar-refractivity contribution in [2.24, 2.45) is 71.0 Å². The van der Waals surface area contributed by atoms with Crippen LogP contribution in [0.3, 0.4) is 0 Å². The van der Waals surface area contributed by atoms with Crippen molar-refractivity contribution in [2.45, 2.75) is 90.3 Å². The van der Waals surface area contributed by atoms with Gasteiger partial charge in [0.25, 0.3) is 0 Å². The lowest BCUT2D eigenvalue weighted by molar-refractivity contribution is -0.209. The largest absolute Gasteiger partial charge is 0.462 e. The summed E-state index contributed by atoms with van der Waals surface area (Å²) in [6, 6.07) is 0. The molecule has 0 aliphatic heterocycles. The number of ether oxygens (including phenoxy) is 2. The molecule has 0 saturated heterocycles. The number of hydrogen-bond donors (Lipinski definition) is 0. The molecule has 0 aromatic heterocycles. The third kappa shape index (κ3) is 2.67. The Morgan fingerprint density at radius 2 is 1.41 bits per heavy atom. The minimum Gasteiger partial charge on any atom is -0.462 e. The molecule has 0 aromatic carbocycles. The molecule has 8 saturated carbocycles. The molecule has 4 heteroatoms. The van der Waals surface area contributed by atoms with Gasteiger partial charge in [0.05, 0.1) is 11.8 Å². The topological polar surface area (TPSA) is 52.6 Å². The molecule has 0 aromatic rings. The van der Waals surface area contributed by atoms with Crippen molar-refractivity contribution in [3.05, 3.63) is 0 Å². The standard InChI is InChI=1S/C28H40O4/c1-13(2)26(29)31-23-12-17-11-22(23)25-20-9-16(24(17)25)10-21(20)27(30)32-28(3)18-5-14-4-15(7-18)8-19(28)6-14/h13-25H,4-12H2,1-3H3. The van der Waals surface area contributed by atoms with E-state index < -0.39 is 0 Å². The van der Waals surface area contributed by atoms with Crippen molar-refractivity contribution in [2.75, 3.05) is 0 Å². The molecule has 8 aliphatic carbocycles. The summed E-state index contributed by atoms with van der Waals surface area (Å²) in [5, 5.41) is 0. The summed E-state index contributed by atoms with van der Waals surface area (Å²) in [6.07, 6.45) is 11.2. The Bertz CT molecular complexity index is 803. The van der Waals surface area contributed by atoms with Crippen molar-refractivity contribution in [1.29, 1.82) is 0 Å². The number of hydrogen-bond acceptors (Lipinski definition) is 4. The summed E-state index contributed by atoms with van der Waals surface area (Å²) in [5.41, 5.74) is -0.213. The number of carbonyl (C=O) groups is 2. The Kier molecular flexibility index (Phi) is 4.29. The average molecular weight is 441 g/mol. The lowest BCUT2D eigenvalue weighted by Gasteiger charge is -2.59. The summed E-state index contributed by atoms with van der Waals surface area (Å²) in [6.45, 7) is 6.13. The number of carbonyl (C=O) groups excluding carboxylic acids is 2. The van der Waals surface area contributed by atoms with Gasteiger partial charge in [-0.05, 0) is 124 Å². The fourth-order valence-corrected chi connectivity index (χ4v) is 10.8. The van der Waals surface area contributed by atoms with Gasteiger partial charge < -0.3 is 9.47 Å². The first-order chi connectivity index (χ1) is 15.3. The minimum absolute atomic E-state index is 0.0481. The monoisotopic (exact) mass is 440 g/mol. The van der Waals surface area contributed by atoms with Gasteiger partial charge in [-0.3, -0.25) is 9.59 Å². The fraction of sp³-hybridized carbons (Fsp3) is 0.929. The van der Waals surface area contributed by atoms with E-state index in [1.807, 2.05) is 13.8 Å². The SMILES string of the molecule is CC(C)C(=O)OC1CC2CC1C1C3CC(CC3C(=O)OC3(C)C4CC5CC(C4)CC3C5)C21. The maximum Gasteiger partial charge on any atom is 0.309 e. The first kappa shape index (κ1) is 20.3. The van der Waals surface area contributed by atoms with Crippen LogP contribution in [0.5, 0.6) is 0 Å². The average Bonchev–Trinajstić information content (AvgIpc) is 3.50. The van der Waals surface area contributed by atoms with E-state index in [1.54, 1.807) is 0 Å². The minimum atomic E-state index is -0.213. The van der Waals surface area contributed by atoms with Crippen LogP contribution in [0.25, 0.3) is 0 Å². The van der Waals surface area contributed by atoms with Crippen LogP contribution in [0.15, 0.2) is 0 Å². The summed E-state index contributed by atoms with van der Waals surface area (Å²) in [5.74, 6) is 6.81. The molecule has 8 unspecified atom stereocenters. The number of rotatable bonds is 4. The molecule has 0 heterocycles. The molecule has 8 aliphatic rings. The summed E-state index contributed by atoms with van der Waals surface area (Å²) >= 11 is 0. The van der Waals surface area contributed by atoms with Crippen molar-refractivity contribution >= 4 is 11.9 Å². The third-order valence-corrected chi connectivity index (χ3v) is 11.9. The molecular weight excluding hydrogens is 400 g/mol. The van der Waals surface area contributed by atoms with Gasteiger partial charge in [0.15, 0.2) is 0 Å². The second-order valence-corrected chi connectivity index (χ2v) is 13.6. The normalized spacial score (nSPS) is 56.1. The van der Waals surface area contributed by atoms with Crippen LogP contribution >= 0.6 is 0 Å². The van der Waals surface area contributed by atoms with Crippen molar-refractivity contribution < 1.29 is 19.1 Å². The molecule has 176 valence electrons. The van der Waals surface area contributed by atoms with E-state index in [2.05, 4.69) is 6.92 Å². The van der Waals surface area contributed by atoms with Crippen molar-refractivity contribution in [3.63, 3.8) is 0 Å². The first-order valence-corrected chi connectivity index (χ1v) is 13.7. The van der Waals surface area contributed by atoms with E-state index in [1.165, 1.54) is 44.9 Å². The van der Waals surface area contributed by atoms with E-state index in [-0.39, 0.29) is 35.5 Å². The Labute approximate surface area is 192 Å². The van der Waals surface area contributed by atoms with Crippen LogP contribution in [0.1, 0.15) is 78.6 Å². The van der Waals surface area contributed by atoms with Crippen LogP contribution in [0, 0.1) is 71.0 Å². The predicted molar refractivity (Wildman–Crippen MR) is 119 cm³/mol. The van der Waals surface area contributed by atoms with Gasteiger partial charge in [0.2, 0.25) is 0 Å². The first-order valence-electron chi connectivity index (χ1n) is 13.7. The highest BCUT2D eigenvalue weighted by atomic mass is 16.6. The van der Waals surface area contributed by atoms with Crippen LogP contribution in [0.2, 0.25) is 0 Å². The van der Waals surface area contributed by atoms with E-state index >= 15 is 0 Å². The number of esters is 2. The number of fused-ring (bicyclic) bond motifs is 9. The smallest absolute Gasteiger partial charge is 0.309 e. The zero-order valence-electron chi connectivity index (χ0n) is 20.0. The molecule has 4 nitrogen and oxygen atoms in total. The second-order valence-electron chi connectivity index (χ2n) is 13.6. The Balaban J connectivity index is 1.07. The Morgan fingerprint density at radius 1 is 0.781 bits per heavy atom.